The lowest BCUT2D eigenvalue weighted by atomic mass is 10.1. The van der Waals surface area contributed by atoms with Crippen molar-refractivity contribution in [3.05, 3.63) is 30.2 Å². The Balaban J connectivity index is 1.78. The molecular weight excluding hydrogens is 278 g/mol. The number of hydrogen-bond donors (Lipinski definition) is 2. The van der Waals surface area contributed by atoms with Crippen LogP contribution in [0.5, 0.6) is 5.75 Å². The van der Waals surface area contributed by atoms with Crippen LogP contribution in [0.3, 0.4) is 0 Å². The maximum absolute atomic E-state index is 9.05. The number of rotatable bonds is 3. The molecule has 6 heteroatoms. The topological polar surface area (TPSA) is 86.6 Å². The van der Waals surface area contributed by atoms with Gasteiger partial charge >= 0.3 is 0 Å². The fourth-order valence-electron chi connectivity index (χ4n) is 2.93. The number of ether oxygens (including phenoxy) is 1. The Morgan fingerprint density at radius 3 is 3.18 bits per heavy atom. The van der Waals surface area contributed by atoms with Gasteiger partial charge in [-0.2, -0.15) is 5.26 Å². The lowest BCUT2D eigenvalue weighted by Crippen LogP contribution is -2.15. The van der Waals surface area contributed by atoms with Gasteiger partial charge < -0.3 is 15.0 Å². The monoisotopic (exact) mass is 293 g/mol. The van der Waals surface area contributed by atoms with Crippen LogP contribution < -0.4 is 10.1 Å². The first-order valence-electron chi connectivity index (χ1n) is 7.35. The zero-order valence-corrected chi connectivity index (χ0v) is 12.0. The van der Waals surface area contributed by atoms with E-state index in [0.717, 1.165) is 47.2 Å². The average Bonchev–Trinajstić information content (AvgIpc) is 3.19. The summed E-state index contributed by atoms with van der Waals surface area (Å²) in [4.78, 5) is 11.7. The summed E-state index contributed by atoms with van der Waals surface area (Å²) in [5, 5.41) is 14.2. The Morgan fingerprint density at radius 2 is 2.36 bits per heavy atom. The Morgan fingerprint density at radius 1 is 1.41 bits per heavy atom. The molecular formula is C16H15N5O. The van der Waals surface area contributed by atoms with Crippen LogP contribution in [0.4, 0.5) is 0 Å². The number of aromatic amines is 1. The SMILES string of the molecule is N#Cc1cc2c(cn1)[nH]c1nccc(OC[C@@H]3CCNC3)c12. The van der Waals surface area contributed by atoms with Crippen molar-refractivity contribution in [3.8, 4) is 11.8 Å². The number of pyridine rings is 2. The van der Waals surface area contributed by atoms with Gasteiger partial charge in [0.05, 0.1) is 23.7 Å². The van der Waals surface area contributed by atoms with E-state index in [1.165, 1.54) is 0 Å². The van der Waals surface area contributed by atoms with Crippen LogP contribution in [-0.4, -0.2) is 34.6 Å². The molecule has 0 amide bonds. The first-order chi connectivity index (χ1) is 10.8. The van der Waals surface area contributed by atoms with E-state index in [1.54, 1.807) is 18.5 Å². The molecule has 0 spiro atoms. The van der Waals surface area contributed by atoms with Crippen LogP contribution in [0.1, 0.15) is 12.1 Å². The van der Waals surface area contributed by atoms with Gasteiger partial charge in [0.1, 0.15) is 23.2 Å². The van der Waals surface area contributed by atoms with Gasteiger partial charge in [-0.25, -0.2) is 9.97 Å². The van der Waals surface area contributed by atoms with E-state index in [2.05, 4.69) is 26.3 Å². The van der Waals surface area contributed by atoms with Gasteiger partial charge in [-0.3, -0.25) is 0 Å². The number of nitrogens with one attached hydrogen (secondary N) is 2. The van der Waals surface area contributed by atoms with E-state index in [1.807, 2.05) is 6.07 Å². The number of fused-ring (bicyclic) bond motifs is 3. The molecule has 0 radical (unpaired) electrons. The molecule has 22 heavy (non-hydrogen) atoms. The maximum Gasteiger partial charge on any atom is 0.142 e. The normalized spacial score (nSPS) is 17.9. The molecule has 1 aliphatic heterocycles. The predicted molar refractivity (Wildman–Crippen MR) is 82.6 cm³/mol. The van der Waals surface area contributed by atoms with Gasteiger partial charge in [0.2, 0.25) is 0 Å². The molecule has 6 nitrogen and oxygen atoms in total. The summed E-state index contributed by atoms with van der Waals surface area (Å²) < 4.78 is 6.04. The number of H-pyrrole nitrogens is 1. The minimum Gasteiger partial charge on any atom is -0.492 e. The van der Waals surface area contributed by atoms with Crippen molar-refractivity contribution in [2.24, 2.45) is 5.92 Å². The van der Waals surface area contributed by atoms with E-state index in [9.17, 15) is 0 Å². The van der Waals surface area contributed by atoms with Gasteiger partial charge in [-0.15, -0.1) is 0 Å². The van der Waals surface area contributed by atoms with E-state index in [4.69, 9.17) is 10.00 Å². The summed E-state index contributed by atoms with van der Waals surface area (Å²) in [6, 6.07) is 5.73. The van der Waals surface area contributed by atoms with E-state index in [-0.39, 0.29) is 0 Å². The van der Waals surface area contributed by atoms with Crippen molar-refractivity contribution in [1.29, 1.82) is 5.26 Å². The van der Waals surface area contributed by atoms with Crippen molar-refractivity contribution in [1.82, 2.24) is 20.3 Å². The average molecular weight is 293 g/mol. The molecule has 0 unspecified atom stereocenters. The highest BCUT2D eigenvalue weighted by Gasteiger charge is 2.17. The van der Waals surface area contributed by atoms with Gasteiger partial charge in [0, 0.05) is 24.0 Å². The smallest absolute Gasteiger partial charge is 0.142 e. The second kappa shape index (κ2) is 5.28. The third-order valence-corrected chi connectivity index (χ3v) is 4.09. The van der Waals surface area contributed by atoms with E-state index < -0.39 is 0 Å². The van der Waals surface area contributed by atoms with Crippen LogP contribution in [0.2, 0.25) is 0 Å². The molecule has 0 aliphatic carbocycles. The minimum absolute atomic E-state index is 0.392. The molecule has 3 aromatic rings. The number of nitrogens with zero attached hydrogens (tertiary/aromatic N) is 3. The molecule has 3 aromatic heterocycles. The fourth-order valence-corrected chi connectivity index (χ4v) is 2.93. The summed E-state index contributed by atoms with van der Waals surface area (Å²) in [6.07, 6.45) is 4.55. The number of aromatic nitrogens is 3. The summed E-state index contributed by atoms with van der Waals surface area (Å²) in [7, 11) is 0. The zero-order valence-electron chi connectivity index (χ0n) is 12.0. The van der Waals surface area contributed by atoms with E-state index in [0.29, 0.717) is 18.2 Å². The Hall–Kier alpha value is -2.65. The molecule has 1 atom stereocenters. The molecule has 2 N–H and O–H groups in total. The van der Waals surface area contributed by atoms with Gasteiger partial charge in [-0.1, -0.05) is 0 Å². The molecule has 4 heterocycles. The number of hydrogen-bond acceptors (Lipinski definition) is 5. The Bertz CT molecular complexity index is 873. The molecule has 0 bridgehead atoms. The van der Waals surface area contributed by atoms with Crippen molar-refractivity contribution >= 4 is 21.9 Å². The molecule has 0 aromatic carbocycles. The molecule has 4 rings (SSSR count). The molecule has 110 valence electrons. The lowest BCUT2D eigenvalue weighted by molar-refractivity contribution is 0.263. The largest absolute Gasteiger partial charge is 0.492 e. The summed E-state index contributed by atoms with van der Waals surface area (Å²) in [6.45, 7) is 2.75. The van der Waals surface area contributed by atoms with Crippen LogP contribution in [0.15, 0.2) is 24.5 Å². The van der Waals surface area contributed by atoms with Gasteiger partial charge in [-0.05, 0) is 25.1 Å². The van der Waals surface area contributed by atoms with Gasteiger partial charge in [0.15, 0.2) is 0 Å². The first-order valence-corrected chi connectivity index (χ1v) is 7.35. The van der Waals surface area contributed by atoms with Crippen molar-refractivity contribution in [2.45, 2.75) is 6.42 Å². The summed E-state index contributed by atoms with van der Waals surface area (Å²) >= 11 is 0. The van der Waals surface area contributed by atoms with Gasteiger partial charge in [0.25, 0.3) is 0 Å². The maximum atomic E-state index is 9.05. The molecule has 1 aliphatic rings. The van der Waals surface area contributed by atoms with Crippen molar-refractivity contribution < 1.29 is 4.74 Å². The minimum atomic E-state index is 0.392. The third-order valence-electron chi connectivity index (χ3n) is 4.09. The second-order valence-electron chi connectivity index (χ2n) is 5.55. The van der Waals surface area contributed by atoms with Crippen LogP contribution in [0, 0.1) is 17.2 Å². The van der Waals surface area contributed by atoms with Crippen LogP contribution in [-0.2, 0) is 0 Å². The standard InChI is InChI=1S/C16H15N5O/c17-6-11-5-12-13(8-20-11)21-16-15(12)14(2-4-19-16)22-9-10-1-3-18-7-10/h2,4-5,8,10,18H,1,3,7,9H2,(H,19,21)/t10-/m1/s1. The summed E-state index contributed by atoms with van der Waals surface area (Å²) in [5.74, 6) is 1.35. The highest BCUT2D eigenvalue weighted by molar-refractivity contribution is 6.09. The molecule has 1 saturated heterocycles. The Labute approximate surface area is 127 Å². The highest BCUT2D eigenvalue weighted by atomic mass is 16.5. The predicted octanol–water partition coefficient (Wildman–Crippen LogP) is 1.97. The molecule has 1 fully saturated rings. The molecule has 0 saturated carbocycles. The highest BCUT2D eigenvalue weighted by Crippen LogP contribution is 2.32. The summed E-state index contributed by atoms with van der Waals surface area (Å²) in [5.41, 5.74) is 2.01. The zero-order chi connectivity index (χ0) is 14.9. The fraction of sp³-hybridized carbons (Fsp3) is 0.312. The third kappa shape index (κ3) is 2.16. The van der Waals surface area contributed by atoms with Crippen LogP contribution >= 0.6 is 0 Å². The van der Waals surface area contributed by atoms with Crippen molar-refractivity contribution in [2.75, 3.05) is 19.7 Å². The van der Waals surface area contributed by atoms with Crippen molar-refractivity contribution in [3.63, 3.8) is 0 Å². The van der Waals surface area contributed by atoms with E-state index >= 15 is 0 Å². The number of nitriles is 1. The quantitative estimate of drug-likeness (QED) is 0.771. The lowest BCUT2D eigenvalue weighted by Gasteiger charge is -2.11. The van der Waals surface area contributed by atoms with Crippen LogP contribution in [0.25, 0.3) is 21.9 Å². The second-order valence-corrected chi connectivity index (χ2v) is 5.55. The Kier molecular flexibility index (Phi) is 3.13. The first kappa shape index (κ1) is 13.0.